The summed E-state index contributed by atoms with van der Waals surface area (Å²) in [5, 5.41) is 5.64. The first-order valence-electron chi connectivity index (χ1n) is 6.89. The molecular formula is C14H21F2N3. The zero-order valence-corrected chi connectivity index (χ0v) is 11.5. The SMILES string of the molecule is CNc1nc(NCC2CCCCC2C)c(F)cc1F. The standard InChI is InChI=1S/C14H21F2N3/c1-9-5-3-4-6-10(9)8-18-14-12(16)7-11(15)13(17-2)19-14/h7,9-10H,3-6,8H2,1-2H3,(H2,17,18,19). The molecule has 1 aliphatic rings. The van der Waals surface area contributed by atoms with Crippen molar-refractivity contribution >= 4 is 11.6 Å². The quantitative estimate of drug-likeness (QED) is 0.876. The minimum absolute atomic E-state index is 0.0700. The van der Waals surface area contributed by atoms with Gasteiger partial charge in [-0.3, -0.25) is 0 Å². The molecule has 0 amide bonds. The van der Waals surface area contributed by atoms with Crippen molar-refractivity contribution in [3.8, 4) is 0 Å². The van der Waals surface area contributed by atoms with Gasteiger partial charge in [-0.25, -0.2) is 13.8 Å². The maximum atomic E-state index is 13.6. The van der Waals surface area contributed by atoms with Crippen LogP contribution in [0.1, 0.15) is 32.6 Å². The summed E-state index contributed by atoms with van der Waals surface area (Å²) in [6, 6.07) is 0.867. The molecule has 1 aromatic heterocycles. The van der Waals surface area contributed by atoms with Gasteiger partial charge in [-0.2, -0.15) is 0 Å². The molecule has 2 atom stereocenters. The molecule has 0 radical (unpaired) electrons. The molecule has 3 nitrogen and oxygen atoms in total. The fourth-order valence-electron chi connectivity index (χ4n) is 2.69. The van der Waals surface area contributed by atoms with Gasteiger partial charge in [0.05, 0.1) is 0 Å². The Kier molecular flexibility index (Phi) is 4.56. The van der Waals surface area contributed by atoms with Gasteiger partial charge < -0.3 is 10.6 Å². The zero-order chi connectivity index (χ0) is 13.8. The predicted molar refractivity (Wildman–Crippen MR) is 73.3 cm³/mol. The van der Waals surface area contributed by atoms with E-state index < -0.39 is 11.6 Å². The molecule has 2 unspecified atom stereocenters. The summed E-state index contributed by atoms with van der Waals surface area (Å²) in [5.74, 6) is 0.0761. The van der Waals surface area contributed by atoms with Gasteiger partial charge in [0.1, 0.15) is 0 Å². The number of hydrogen-bond acceptors (Lipinski definition) is 3. The van der Waals surface area contributed by atoms with E-state index in [1.54, 1.807) is 7.05 Å². The lowest BCUT2D eigenvalue weighted by Gasteiger charge is -2.29. The molecule has 106 valence electrons. The summed E-state index contributed by atoms with van der Waals surface area (Å²) in [6.45, 7) is 2.93. The van der Waals surface area contributed by atoms with E-state index in [2.05, 4.69) is 22.5 Å². The zero-order valence-electron chi connectivity index (χ0n) is 11.5. The molecule has 19 heavy (non-hydrogen) atoms. The first-order valence-corrected chi connectivity index (χ1v) is 6.89. The lowest BCUT2D eigenvalue weighted by molar-refractivity contribution is 0.268. The number of aromatic nitrogens is 1. The Morgan fingerprint density at radius 3 is 2.58 bits per heavy atom. The van der Waals surface area contributed by atoms with Crippen molar-refractivity contribution in [3.05, 3.63) is 17.7 Å². The van der Waals surface area contributed by atoms with Gasteiger partial charge in [-0.15, -0.1) is 0 Å². The van der Waals surface area contributed by atoms with Gasteiger partial charge in [-0.1, -0.05) is 26.2 Å². The normalized spacial score (nSPS) is 23.2. The summed E-state index contributed by atoms with van der Waals surface area (Å²) in [6.07, 6.45) is 4.91. The maximum Gasteiger partial charge on any atom is 0.168 e. The highest BCUT2D eigenvalue weighted by molar-refractivity contribution is 5.47. The van der Waals surface area contributed by atoms with E-state index in [1.165, 1.54) is 19.3 Å². The van der Waals surface area contributed by atoms with Crippen LogP contribution in [0.3, 0.4) is 0 Å². The molecule has 1 heterocycles. The number of halogens is 2. The summed E-state index contributed by atoms with van der Waals surface area (Å²) in [4.78, 5) is 3.93. The number of pyridine rings is 1. The largest absolute Gasteiger partial charge is 0.371 e. The minimum Gasteiger partial charge on any atom is -0.371 e. The monoisotopic (exact) mass is 269 g/mol. The van der Waals surface area contributed by atoms with Gasteiger partial charge in [0.2, 0.25) is 0 Å². The fourth-order valence-corrected chi connectivity index (χ4v) is 2.69. The van der Waals surface area contributed by atoms with E-state index in [9.17, 15) is 8.78 Å². The first-order chi connectivity index (χ1) is 9.11. The number of anilines is 2. The average Bonchev–Trinajstić information content (AvgIpc) is 2.39. The van der Waals surface area contributed by atoms with E-state index in [4.69, 9.17) is 0 Å². The second kappa shape index (κ2) is 6.17. The molecule has 1 aromatic rings. The van der Waals surface area contributed by atoms with Crippen LogP contribution in [0.5, 0.6) is 0 Å². The Morgan fingerprint density at radius 1 is 1.21 bits per heavy atom. The highest BCUT2D eigenvalue weighted by atomic mass is 19.1. The van der Waals surface area contributed by atoms with Crippen LogP contribution in [0, 0.1) is 23.5 Å². The van der Waals surface area contributed by atoms with Crippen molar-refractivity contribution in [3.63, 3.8) is 0 Å². The van der Waals surface area contributed by atoms with Crippen molar-refractivity contribution in [2.45, 2.75) is 32.6 Å². The van der Waals surface area contributed by atoms with Crippen LogP contribution in [0.2, 0.25) is 0 Å². The minimum atomic E-state index is -0.670. The van der Waals surface area contributed by atoms with Crippen LogP contribution >= 0.6 is 0 Å². The Bertz CT molecular complexity index is 437. The van der Waals surface area contributed by atoms with E-state index in [0.717, 1.165) is 12.5 Å². The number of nitrogens with one attached hydrogen (secondary N) is 2. The Morgan fingerprint density at radius 2 is 1.89 bits per heavy atom. The lowest BCUT2D eigenvalue weighted by atomic mass is 9.80. The molecule has 0 spiro atoms. The molecule has 5 heteroatoms. The lowest BCUT2D eigenvalue weighted by Crippen LogP contribution is -2.25. The maximum absolute atomic E-state index is 13.6. The van der Waals surface area contributed by atoms with Gasteiger partial charge in [0, 0.05) is 19.7 Å². The second-order valence-electron chi connectivity index (χ2n) is 5.30. The van der Waals surface area contributed by atoms with Gasteiger partial charge in [0.15, 0.2) is 23.3 Å². The van der Waals surface area contributed by atoms with Crippen LogP contribution in [0.15, 0.2) is 6.07 Å². The van der Waals surface area contributed by atoms with Crippen LogP contribution in [0.25, 0.3) is 0 Å². The van der Waals surface area contributed by atoms with Gasteiger partial charge in [-0.05, 0) is 18.3 Å². The van der Waals surface area contributed by atoms with Crippen molar-refractivity contribution < 1.29 is 8.78 Å². The van der Waals surface area contributed by atoms with E-state index >= 15 is 0 Å². The predicted octanol–water partition coefficient (Wildman–Crippen LogP) is 3.64. The average molecular weight is 269 g/mol. The summed E-state index contributed by atoms with van der Waals surface area (Å²) < 4.78 is 26.9. The Hall–Kier alpha value is -1.39. The first kappa shape index (κ1) is 14.0. The molecule has 1 fully saturated rings. The molecule has 1 saturated carbocycles. The molecule has 1 aliphatic carbocycles. The summed E-state index contributed by atoms with van der Waals surface area (Å²) >= 11 is 0. The fraction of sp³-hybridized carbons (Fsp3) is 0.643. The third-order valence-electron chi connectivity index (χ3n) is 3.99. The molecule has 0 aliphatic heterocycles. The molecule has 0 aromatic carbocycles. The van der Waals surface area contributed by atoms with Crippen LogP contribution in [0.4, 0.5) is 20.4 Å². The second-order valence-corrected chi connectivity index (χ2v) is 5.30. The number of hydrogen-bond donors (Lipinski definition) is 2. The smallest absolute Gasteiger partial charge is 0.168 e. The van der Waals surface area contributed by atoms with Crippen LogP contribution < -0.4 is 10.6 Å². The third kappa shape index (κ3) is 3.33. The van der Waals surface area contributed by atoms with Crippen molar-refractivity contribution in [1.29, 1.82) is 0 Å². The molecule has 0 bridgehead atoms. The molecule has 0 saturated heterocycles. The number of rotatable bonds is 4. The van der Waals surface area contributed by atoms with Crippen molar-refractivity contribution in [2.75, 3.05) is 24.2 Å². The third-order valence-corrected chi connectivity index (χ3v) is 3.99. The molecular weight excluding hydrogens is 248 g/mol. The Labute approximate surface area is 112 Å². The van der Waals surface area contributed by atoms with Gasteiger partial charge in [0.25, 0.3) is 0 Å². The van der Waals surface area contributed by atoms with Crippen LogP contribution in [-0.2, 0) is 0 Å². The van der Waals surface area contributed by atoms with Crippen LogP contribution in [-0.4, -0.2) is 18.6 Å². The summed E-state index contributed by atoms with van der Waals surface area (Å²) in [5.41, 5.74) is 0. The van der Waals surface area contributed by atoms with Crippen molar-refractivity contribution in [2.24, 2.45) is 11.8 Å². The summed E-state index contributed by atoms with van der Waals surface area (Å²) in [7, 11) is 1.57. The molecule has 2 N–H and O–H groups in total. The highest BCUT2D eigenvalue weighted by Crippen LogP contribution is 2.30. The highest BCUT2D eigenvalue weighted by Gasteiger charge is 2.21. The van der Waals surface area contributed by atoms with Crippen molar-refractivity contribution in [1.82, 2.24) is 4.98 Å². The number of nitrogens with zero attached hydrogens (tertiary/aromatic N) is 1. The van der Waals surface area contributed by atoms with Gasteiger partial charge >= 0.3 is 0 Å². The van der Waals surface area contributed by atoms with E-state index in [-0.39, 0.29) is 11.6 Å². The topological polar surface area (TPSA) is 37.0 Å². The Balaban J connectivity index is 2.02. The van der Waals surface area contributed by atoms with E-state index in [1.807, 2.05) is 0 Å². The van der Waals surface area contributed by atoms with E-state index in [0.29, 0.717) is 18.4 Å². The molecule has 2 rings (SSSR count).